The summed E-state index contributed by atoms with van der Waals surface area (Å²) < 4.78 is 11.5. The molecule has 0 saturated heterocycles. The van der Waals surface area contributed by atoms with Crippen LogP contribution in [-0.4, -0.2) is 62.5 Å². The maximum absolute atomic E-state index is 12.8. The molecule has 0 fully saturated rings. The van der Waals surface area contributed by atoms with Gasteiger partial charge in [-0.05, 0) is 29.5 Å². The number of carbonyl (C=O) groups excluding carboxylic acids is 3. The predicted octanol–water partition coefficient (Wildman–Crippen LogP) is 0.387. The van der Waals surface area contributed by atoms with E-state index in [-0.39, 0.29) is 24.4 Å². The quantitative estimate of drug-likeness (QED) is 0.494. The number of carbonyl (C=O) groups is 3. The summed E-state index contributed by atoms with van der Waals surface area (Å²) >= 11 is 1.11. The second-order valence-corrected chi connectivity index (χ2v) is 7.23. The first-order chi connectivity index (χ1) is 13.9. The molecule has 0 N–H and O–H groups in total. The molecule has 2 heterocycles. The van der Waals surface area contributed by atoms with Crippen LogP contribution >= 0.6 is 11.8 Å². The molecule has 156 valence electrons. The van der Waals surface area contributed by atoms with Crippen LogP contribution in [-0.2, 0) is 23.9 Å². The van der Waals surface area contributed by atoms with Gasteiger partial charge in [0.15, 0.2) is 0 Å². The van der Waals surface area contributed by atoms with E-state index in [1.165, 1.54) is 27.3 Å². The number of ether oxygens (including phenoxy) is 2. The van der Waals surface area contributed by atoms with E-state index >= 15 is 0 Å². The second-order valence-electron chi connectivity index (χ2n) is 6.02. The molecule has 0 aliphatic carbocycles. The fourth-order valence-electron chi connectivity index (χ4n) is 2.47. The molecule has 0 aliphatic rings. The van der Waals surface area contributed by atoms with Crippen molar-refractivity contribution in [1.82, 2.24) is 24.8 Å². The first-order valence-electron chi connectivity index (χ1n) is 8.58. The molecule has 2 atom stereocenters. The van der Waals surface area contributed by atoms with Gasteiger partial charge in [0.05, 0.1) is 38.4 Å². The van der Waals surface area contributed by atoms with Gasteiger partial charge in [0.25, 0.3) is 0 Å². The minimum absolute atomic E-state index is 0.0120. The lowest BCUT2D eigenvalue weighted by molar-refractivity contribution is -0.146. The predicted molar refractivity (Wildman–Crippen MR) is 102 cm³/mol. The van der Waals surface area contributed by atoms with Gasteiger partial charge in [-0.25, -0.2) is 4.79 Å². The normalized spacial score (nSPS) is 12.8. The van der Waals surface area contributed by atoms with Gasteiger partial charge in [0.2, 0.25) is 0 Å². The van der Waals surface area contributed by atoms with E-state index in [9.17, 15) is 19.2 Å². The number of Topliss-reactive ketones (excluding diaryl/α,β-unsaturated/α-hetero) is 1. The smallest absolute Gasteiger partial charge is 0.369 e. The second kappa shape index (κ2) is 10.5. The van der Waals surface area contributed by atoms with Crippen LogP contribution in [0.3, 0.4) is 0 Å². The molecule has 1 unspecified atom stereocenters. The number of hydrogen-bond acceptors (Lipinski definition) is 10. The summed E-state index contributed by atoms with van der Waals surface area (Å²) in [5, 5.41) is 6.90. The van der Waals surface area contributed by atoms with Crippen molar-refractivity contribution in [2.24, 2.45) is 5.92 Å². The van der Waals surface area contributed by atoms with E-state index in [0.717, 1.165) is 21.1 Å². The van der Waals surface area contributed by atoms with Crippen LogP contribution in [0.25, 0.3) is 5.69 Å². The molecule has 2 aromatic rings. The van der Waals surface area contributed by atoms with Gasteiger partial charge in [0, 0.05) is 18.4 Å². The average molecular weight is 423 g/mol. The maximum Gasteiger partial charge on any atom is 0.369 e. The van der Waals surface area contributed by atoms with Gasteiger partial charge in [-0.15, -0.1) is 11.8 Å². The highest BCUT2D eigenvalue weighted by Gasteiger charge is 2.27. The summed E-state index contributed by atoms with van der Waals surface area (Å²) in [7, 11) is 2.46. The third-order valence-electron chi connectivity index (χ3n) is 3.89. The topological polar surface area (TPSA) is 135 Å². The number of tetrazole rings is 1. The minimum atomic E-state index is -0.792. The van der Waals surface area contributed by atoms with Crippen molar-refractivity contribution in [3.8, 4) is 5.69 Å². The summed E-state index contributed by atoms with van der Waals surface area (Å²) in [6.07, 6.45) is 2.81. The lowest BCUT2D eigenvalue weighted by Gasteiger charge is -2.18. The average Bonchev–Trinajstić information content (AvgIpc) is 3.10. The van der Waals surface area contributed by atoms with Crippen molar-refractivity contribution >= 4 is 29.5 Å². The minimum Gasteiger partial charge on any atom is -0.469 e. The summed E-state index contributed by atoms with van der Waals surface area (Å²) in [5.41, 5.74) is -0.171. The molecule has 29 heavy (non-hydrogen) atoms. The number of pyridine rings is 1. The molecule has 2 aromatic heterocycles. The Morgan fingerprint density at radius 2 is 1.93 bits per heavy atom. The molecular weight excluding hydrogens is 402 g/mol. The van der Waals surface area contributed by atoms with Gasteiger partial charge >= 0.3 is 17.6 Å². The van der Waals surface area contributed by atoms with Gasteiger partial charge < -0.3 is 14.3 Å². The zero-order chi connectivity index (χ0) is 21.4. The summed E-state index contributed by atoms with van der Waals surface area (Å²) in [4.78, 5) is 51.9. The maximum atomic E-state index is 12.8. The van der Waals surface area contributed by atoms with Gasteiger partial charge in [-0.1, -0.05) is 0 Å². The molecule has 0 saturated carbocycles. The third-order valence-corrected chi connectivity index (χ3v) is 5.24. The van der Waals surface area contributed by atoms with Crippen LogP contribution in [0.15, 0.2) is 29.3 Å². The van der Waals surface area contributed by atoms with E-state index in [4.69, 9.17) is 9.47 Å². The molecular formula is C17H21N5O6S. The fraction of sp³-hybridized carbons (Fsp3) is 0.471. The van der Waals surface area contributed by atoms with Gasteiger partial charge in [-0.3, -0.25) is 14.6 Å². The largest absolute Gasteiger partial charge is 0.469 e. The Kier molecular flexibility index (Phi) is 8.07. The van der Waals surface area contributed by atoms with E-state index in [1.54, 1.807) is 18.3 Å². The molecule has 2 rings (SSSR count). The molecule has 0 aromatic carbocycles. The van der Waals surface area contributed by atoms with Crippen LogP contribution in [0.2, 0.25) is 0 Å². The summed E-state index contributed by atoms with van der Waals surface area (Å²) in [5.74, 6) is -1.86. The Bertz CT molecular complexity index is 913. The zero-order valence-corrected chi connectivity index (χ0v) is 17.0. The van der Waals surface area contributed by atoms with E-state index in [2.05, 4.69) is 15.4 Å². The van der Waals surface area contributed by atoms with Gasteiger partial charge in [-0.2, -0.15) is 9.36 Å². The Balaban J connectivity index is 2.28. The number of hydrogen-bond donors (Lipinski definition) is 0. The van der Waals surface area contributed by atoms with Crippen molar-refractivity contribution in [2.45, 2.75) is 25.1 Å². The Labute approximate surface area is 170 Å². The van der Waals surface area contributed by atoms with Crippen LogP contribution < -0.4 is 5.69 Å². The third kappa shape index (κ3) is 5.98. The molecule has 11 nitrogen and oxygen atoms in total. The van der Waals surface area contributed by atoms with Crippen molar-refractivity contribution in [3.63, 3.8) is 0 Å². The number of esters is 2. The molecule has 12 heteroatoms. The molecule has 0 bridgehead atoms. The number of ketones is 1. The highest BCUT2D eigenvalue weighted by molar-refractivity contribution is 7.99. The van der Waals surface area contributed by atoms with E-state index in [1.807, 2.05) is 0 Å². The molecule has 0 aliphatic heterocycles. The standard InChI is InChI=1S/C17H21N5O6S/c1-11(23)7-12(16(25)28-3)10-29-14(8-15(24)27-2)22-17(26)21(19-20-22)13-5-4-6-18-9-13/h4-6,9,12,14H,7-8,10H2,1-3H3/t12-,14?/m0/s1. The van der Waals surface area contributed by atoms with E-state index in [0.29, 0.717) is 5.69 Å². The highest BCUT2D eigenvalue weighted by Crippen LogP contribution is 2.28. The summed E-state index contributed by atoms with van der Waals surface area (Å²) in [6, 6.07) is 3.28. The number of nitrogens with zero attached hydrogens (tertiary/aromatic N) is 5. The number of aromatic nitrogens is 5. The monoisotopic (exact) mass is 423 g/mol. The van der Waals surface area contributed by atoms with E-state index < -0.39 is 28.9 Å². The Morgan fingerprint density at radius 1 is 1.17 bits per heavy atom. The highest BCUT2D eigenvalue weighted by atomic mass is 32.2. The number of thioether (sulfide) groups is 1. The first-order valence-corrected chi connectivity index (χ1v) is 9.62. The number of methoxy groups -OCH3 is 2. The molecule has 0 amide bonds. The SMILES string of the molecule is COC(=O)CC(SC[C@H](CC(C)=O)C(=O)OC)n1nnn(-c2cccnc2)c1=O. The lowest BCUT2D eigenvalue weighted by atomic mass is 10.1. The van der Waals surface area contributed by atoms with Crippen molar-refractivity contribution < 1.29 is 23.9 Å². The van der Waals surface area contributed by atoms with Crippen LogP contribution in [0, 0.1) is 5.92 Å². The number of rotatable bonds is 10. The first kappa shape index (κ1) is 22.3. The Morgan fingerprint density at radius 3 is 2.52 bits per heavy atom. The summed E-state index contributed by atoms with van der Waals surface area (Å²) in [6.45, 7) is 1.37. The fourth-order valence-corrected chi connectivity index (χ4v) is 3.71. The zero-order valence-electron chi connectivity index (χ0n) is 16.2. The molecule has 0 spiro atoms. The Hall–Kier alpha value is -3.02. The van der Waals surface area contributed by atoms with Crippen molar-refractivity contribution in [1.29, 1.82) is 0 Å². The van der Waals surface area contributed by atoms with Crippen molar-refractivity contribution in [2.75, 3.05) is 20.0 Å². The molecule has 0 radical (unpaired) electrons. The van der Waals surface area contributed by atoms with Crippen molar-refractivity contribution in [3.05, 3.63) is 35.0 Å². The van der Waals surface area contributed by atoms with Gasteiger partial charge in [0.1, 0.15) is 11.2 Å². The lowest BCUT2D eigenvalue weighted by Crippen LogP contribution is -2.29. The van der Waals surface area contributed by atoms with Crippen LogP contribution in [0.5, 0.6) is 0 Å². The van der Waals surface area contributed by atoms with Crippen LogP contribution in [0.1, 0.15) is 25.1 Å². The van der Waals surface area contributed by atoms with Crippen LogP contribution in [0.4, 0.5) is 0 Å².